The molecule has 0 spiro atoms. The molecule has 2 rings (SSSR count). The number of hydrogen-bond donors (Lipinski definition) is 1. The van der Waals surface area contributed by atoms with Gasteiger partial charge in [-0.25, -0.2) is 0 Å². The Bertz CT molecular complexity index is 601. The van der Waals surface area contributed by atoms with E-state index in [-0.39, 0.29) is 24.0 Å². The van der Waals surface area contributed by atoms with E-state index >= 15 is 0 Å². The van der Waals surface area contributed by atoms with Crippen molar-refractivity contribution < 1.29 is 13.2 Å². The topological polar surface area (TPSA) is 34.1 Å². The zero-order valence-corrected chi connectivity index (χ0v) is 18.4. The van der Waals surface area contributed by atoms with Gasteiger partial charge in [-0.2, -0.15) is 13.2 Å². The molecular weight excluding hydrogens is 470 g/mol. The molecular formula is C18H29F3IN5. The molecule has 1 aliphatic rings. The van der Waals surface area contributed by atoms with E-state index in [0.717, 1.165) is 32.1 Å². The van der Waals surface area contributed by atoms with Crippen molar-refractivity contribution in [3.8, 4) is 0 Å². The van der Waals surface area contributed by atoms with Crippen molar-refractivity contribution in [3.05, 3.63) is 29.8 Å². The number of hydrogen-bond acceptors (Lipinski definition) is 3. The molecule has 154 valence electrons. The van der Waals surface area contributed by atoms with Crippen LogP contribution in [-0.2, 0) is 0 Å². The normalized spacial score (nSPS) is 15.7. The number of rotatable bonds is 5. The molecule has 0 amide bonds. The van der Waals surface area contributed by atoms with Crippen molar-refractivity contribution in [3.63, 3.8) is 0 Å². The van der Waals surface area contributed by atoms with Crippen molar-refractivity contribution >= 4 is 35.6 Å². The lowest BCUT2D eigenvalue weighted by molar-refractivity contribution is -0.142. The number of guanidine groups is 1. The first-order valence-corrected chi connectivity index (χ1v) is 8.81. The molecule has 0 atom stereocenters. The number of anilines is 1. The number of benzene rings is 1. The summed E-state index contributed by atoms with van der Waals surface area (Å²) >= 11 is 0. The van der Waals surface area contributed by atoms with Crippen LogP contribution in [-0.4, -0.2) is 81.8 Å². The molecule has 0 aliphatic carbocycles. The van der Waals surface area contributed by atoms with Gasteiger partial charge in [-0.15, -0.1) is 24.0 Å². The van der Waals surface area contributed by atoms with Crippen LogP contribution in [0.2, 0.25) is 0 Å². The maximum Gasteiger partial charge on any atom is 0.401 e. The summed E-state index contributed by atoms with van der Waals surface area (Å²) in [6, 6.07) is 8.45. The standard InChI is InChI=1S/C18H28F3N5.HI/c1-15-5-4-6-16(13-15)25-9-11-26(12-10-25)17(22-2)23-7-8-24(3)14-18(19,20)21;/h4-6,13H,7-12,14H2,1-3H3,(H,22,23);1H. The predicted octanol–water partition coefficient (Wildman–Crippen LogP) is 2.80. The highest BCUT2D eigenvalue weighted by atomic mass is 127. The van der Waals surface area contributed by atoms with E-state index in [2.05, 4.69) is 51.3 Å². The summed E-state index contributed by atoms with van der Waals surface area (Å²) in [6.45, 7) is 5.34. The highest BCUT2D eigenvalue weighted by Gasteiger charge is 2.29. The van der Waals surface area contributed by atoms with Crippen LogP contribution in [0.3, 0.4) is 0 Å². The van der Waals surface area contributed by atoms with Crippen molar-refractivity contribution in [1.29, 1.82) is 0 Å². The number of aryl methyl sites for hydroxylation is 1. The Morgan fingerprint density at radius 3 is 2.44 bits per heavy atom. The molecule has 1 heterocycles. The lowest BCUT2D eigenvalue weighted by Gasteiger charge is -2.38. The molecule has 1 fully saturated rings. The quantitative estimate of drug-likeness (QED) is 0.384. The number of nitrogens with one attached hydrogen (secondary N) is 1. The minimum absolute atomic E-state index is 0. The minimum atomic E-state index is -4.16. The second kappa shape index (κ2) is 10.9. The van der Waals surface area contributed by atoms with Gasteiger partial charge in [-0.05, 0) is 31.7 Å². The van der Waals surface area contributed by atoms with Crippen LogP contribution >= 0.6 is 24.0 Å². The summed E-state index contributed by atoms with van der Waals surface area (Å²) in [4.78, 5) is 10.0. The molecule has 1 aliphatic heterocycles. The summed E-state index contributed by atoms with van der Waals surface area (Å²) in [5, 5.41) is 3.17. The zero-order chi connectivity index (χ0) is 19.2. The molecule has 0 radical (unpaired) electrons. The number of likely N-dealkylation sites (N-methyl/N-ethyl adjacent to an activating group) is 1. The Balaban J connectivity index is 0.00000364. The van der Waals surface area contributed by atoms with E-state index in [4.69, 9.17) is 0 Å². The smallest absolute Gasteiger partial charge is 0.368 e. The van der Waals surface area contributed by atoms with Crippen LogP contribution in [0.4, 0.5) is 18.9 Å². The van der Waals surface area contributed by atoms with Gasteiger partial charge < -0.3 is 15.1 Å². The van der Waals surface area contributed by atoms with Crippen LogP contribution in [0.1, 0.15) is 5.56 Å². The fraction of sp³-hybridized carbons (Fsp3) is 0.611. The third kappa shape index (κ3) is 8.12. The zero-order valence-electron chi connectivity index (χ0n) is 16.1. The fourth-order valence-electron chi connectivity index (χ4n) is 3.08. The molecule has 0 saturated carbocycles. The van der Waals surface area contributed by atoms with Crippen LogP contribution < -0.4 is 10.2 Å². The van der Waals surface area contributed by atoms with Gasteiger partial charge >= 0.3 is 6.18 Å². The van der Waals surface area contributed by atoms with Crippen molar-refractivity contribution in [2.75, 3.05) is 64.8 Å². The lowest BCUT2D eigenvalue weighted by Crippen LogP contribution is -2.53. The molecule has 0 bridgehead atoms. The number of piperazine rings is 1. The maximum atomic E-state index is 12.4. The van der Waals surface area contributed by atoms with Gasteiger partial charge in [0.25, 0.3) is 0 Å². The fourth-order valence-corrected chi connectivity index (χ4v) is 3.08. The van der Waals surface area contributed by atoms with E-state index in [1.807, 2.05) is 0 Å². The second-order valence-electron chi connectivity index (χ2n) is 6.64. The van der Waals surface area contributed by atoms with Gasteiger partial charge in [0.15, 0.2) is 5.96 Å². The van der Waals surface area contributed by atoms with Gasteiger partial charge in [0, 0.05) is 52.0 Å². The van der Waals surface area contributed by atoms with Crippen LogP contribution in [0, 0.1) is 6.92 Å². The molecule has 5 nitrogen and oxygen atoms in total. The molecule has 1 saturated heterocycles. The van der Waals surface area contributed by atoms with Crippen molar-refractivity contribution in [1.82, 2.24) is 15.1 Å². The largest absolute Gasteiger partial charge is 0.401 e. The highest BCUT2D eigenvalue weighted by Crippen LogP contribution is 2.18. The summed E-state index contributed by atoms with van der Waals surface area (Å²) < 4.78 is 37.1. The van der Waals surface area contributed by atoms with Crippen LogP contribution in [0.15, 0.2) is 29.3 Å². The highest BCUT2D eigenvalue weighted by molar-refractivity contribution is 14.0. The Hall–Kier alpha value is -1.23. The minimum Gasteiger partial charge on any atom is -0.368 e. The Morgan fingerprint density at radius 1 is 1.22 bits per heavy atom. The van der Waals surface area contributed by atoms with E-state index in [9.17, 15) is 13.2 Å². The van der Waals surface area contributed by atoms with Gasteiger partial charge in [0.05, 0.1) is 6.54 Å². The first kappa shape index (κ1) is 23.8. The average molecular weight is 499 g/mol. The summed E-state index contributed by atoms with van der Waals surface area (Å²) in [6.07, 6.45) is -4.16. The average Bonchev–Trinajstić information content (AvgIpc) is 2.57. The Morgan fingerprint density at radius 2 is 1.89 bits per heavy atom. The molecule has 9 heteroatoms. The molecule has 1 aromatic carbocycles. The maximum absolute atomic E-state index is 12.4. The van der Waals surface area contributed by atoms with Gasteiger partial charge in [0.1, 0.15) is 0 Å². The first-order chi connectivity index (χ1) is 12.3. The van der Waals surface area contributed by atoms with E-state index < -0.39 is 12.7 Å². The lowest BCUT2D eigenvalue weighted by atomic mass is 10.2. The molecule has 1 aromatic rings. The van der Waals surface area contributed by atoms with Crippen molar-refractivity contribution in [2.45, 2.75) is 13.1 Å². The third-order valence-electron chi connectivity index (χ3n) is 4.38. The summed E-state index contributed by atoms with van der Waals surface area (Å²) in [7, 11) is 3.17. The predicted molar refractivity (Wildman–Crippen MR) is 115 cm³/mol. The molecule has 0 unspecified atom stereocenters. The van der Waals surface area contributed by atoms with Gasteiger partial charge in [-0.1, -0.05) is 12.1 Å². The molecule has 0 aromatic heterocycles. The van der Waals surface area contributed by atoms with E-state index in [1.54, 1.807) is 7.05 Å². The van der Waals surface area contributed by atoms with Gasteiger partial charge in [-0.3, -0.25) is 9.89 Å². The number of alkyl halides is 3. The molecule has 27 heavy (non-hydrogen) atoms. The summed E-state index contributed by atoms with van der Waals surface area (Å²) in [5.41, 5.74) is 2.46. The van der Waals surface area contributed by atoms with Crippen LogP contribution in [0.25, 0.3) is 0 Å². The number of halogens is 4. The SMILES string of the molecule is CN=C(NCCN(C)CC(F)(F)F)N1CCN(c2cccc(C)c2)CC1.I. The third-order valence-corrected chi connectivity index (χ3v) is 4.38. The van der Waals surface area contributed by atoms with Crippen molar-refractivity contribution in [2.24, 2.45) is 4.99 Å². The Labute approximate surface area is 176 Å². The monoisotopic (exact) mass is 499 g/mol. The van der Waals surface area contributed by atoms with E-state index in [1.165, 1.54) is 23.2 Å². The molecule has 1 N–H and O–H groups in total. The summed E-state index contributed by atoms with van der Waals surface area (Å²) in [5.74, 6) is 0.745. The van der Waals surface area contributed by atoms with E-state index in [0.29, 0.717) is 13.1 Å². The second-order valence-corrected chi connectivity index (χ2v) is 6.64. The first-order valence-electron chi connectivity index (χ1n) is 8.81. The number of aliphatic imine (C=N–C) groups is 1. The Kier molecular flexibility index (Phi) is 9.65. The van der Waals surface area contributed by atoms with Gasteiger partial charge in [0.2, 0.25) is 0 Å². The van der Waals surface area contributed by atoms with Crippen LogP contribution in [0.5, 0.6) is 0 Å². The number of nitrogens with zero attached hydrogens (tertiary/aromatic N) is 4.